The largest absolute Gasteiger partial charge is 0.354 e. The normalized spacial score (nSPS) is 15.4. The fourth-order valence-corrected chi connectivity index (χ4v) is 3.76. The maximum Gasteiger partial charge on any atom is 0.223 e. The molecule has 0 aliphatic heterocycles. The van der Waals surface area contributed by atoms with Gasteiger partial charge >= 0.3 is 0 Å². The highest BCUT2D eigenvalue weighted by atomic mass is 35.5. The van der Waals surface area contributed by atoms with Crippen LogP contribution >= 0.6 is 11.6 Å². The van der Waals surface area contributed by atoms with E-state index in [-0.39, 0.29) is 5.92 Å². The van der Waals surface area contributed by atoms with Crippen LogP contribution in [0, 0.1) is 0 Å². The predicted octanol–water partition coefficient (Wildman–Crippen LogP) is 5.31. The van der Waals surface area contributed by atoms with Gasteiger partial charge in [0.15, 0.2) is 0 Å². The van der Waals surface area contributed by atoms with E-state index in [1.165, 1.54) is 16.7 Å². The molecule has 0 spiro atoms. The monoisotopic (exact) mass is 349 g/mol. The van der Waals surface area contributed by atoms with E-state index in [0.717, 1.165) is 35.7 Å². The van der Waals surface area contributed by atoms with Gasteiger partial charge in [0.25, 0.3) is 0 Å². The Kier molecular flexibility index (Phi) is 4.41. The second-order valence-corrected chi connectivity index (χ2v) is 6.77. The number of hydrogen-bond acceptors (Lipinski definition) is 3. The summed E-state index contributed by atoms with van der Waals surface area (Å²) in [5.74, 6) is 0.932. The maximum absolute atomic E-state index is 6.49. The highest BCUT2D eigenvalue weighted by molar-refractivity contribution is 6.31. The highest BCUT2D eigenvalue weighted by Gasteiger charge is 2.28. The number of fused-ring (bicyclic) bond motifs is 3. The van der Waals surface area contributed by atoms with Gasteiger partial charge in [-0.05, 0) is 35.6 Å². The molecule has 126 valence electrons. The number of hydrogen-bond donors (Lipinski definition) is 1. The van der Waals surface area contributed by atoms with Crippen molar-refractivity contribution in [3.8, 4) is 11.3 Å². The first-order valence-electron chi connectivity index (χ1n) is 8.71. The summed E-state index contributed by atoms with van der Waals surface area (Å²) in [7, 11) is 0. The smallest absolute Gasteiger partial charge is 0.223 e. The van der Waals surface area contributed by atoms with Crippen molar-refractivity contribution in [3.63, 3.8) is 0 Å². The number of nitrogens with zero attached hydrogens (tertiary/aromatic N) is 2. The van der Waals surface area contributed by atoms with Crippen molar-refractivity contribution in [1.29, 1.82) is 0 Å². The van der Waals surface area contributed by atoms with Crippen molar-refractivity contribution in [3.05, 3.63) is 76.4 Å². The number of aromatic nitrogens is 2. The van der Waals surface area contributed by atoms with Gasteiger partial charge in [-0.1, -0.05) is 61.0 Å². The zero-order chi connectivity index (χ0) is 17.2. The molecule has 1 heterocycles. The van der Waals surface area contributed by atoms with Gasteiger partial charge in [0.1, 0.15) is 0 Å². The van der Waals surface area contributed by atoms with E-state index >= 15 is 0 Å². The van der Waals surface area contributed by atoms with Gasteiger partial charge in [-0.2, -0.15) is 0 Å². The lowest BCUT2D eigenvalue weighted by atomic mass is 9.78. The minimum absolute atomic E-state index is 0.232. The van der Waals surface area contributed by atoms with Crippen LogP contribution < -0.4 is 5.32 Å². The third kappa shape index (κ3) is 3.00. The van der Waals surface area contributed by atoms with Crippen LogP contribution in [0.2, 0.25) is 5.02 Å². The van der Waals surface area contributed by atoms with Crippen LogP contribution in [0.25, 0.3) is 11.3 Å². The second kappa shape index (κ2) is 6.85. The molecule has 4 heteroatoms. The van der Waals surface area contributed by atoms with Crippen molar-refractivity contribution in [2.45, 2.75) is 25.7 Å². The van der Waals surface area contributed by atoms with Gasteiger partial charge in [0, 0.05) is 29.2 Å². The molecule has 1 aliphatic rings. The SMILES string of the molecule is CCCNc1ncc2c(n1)-c1ccccc1C(c1ccccc1Cl)C2. The predicted molar refractivity (Wildman–Crippen MR) is 103 cm³/mol. The van der Waals surface area contributed by atoms with Crippen LogP contribution in [0.4, 0.5) is 5.95 Å². The van der Waals surface area contributed by atoms with E-state index in [0.29, 0.717) is 5.95 Å². The fourth-order valence-electron chi connectivity index (χ4n) is 3.49. The van der Waals surface area contributed by atoms with Gasteiger partial charge in [-0.3, -0.25) is 0 Å². The minimum atomic E-state index is 0.232. The molecule has 3 aromatic rings. The summed E-state index contributed by atoms with van der Waals surface area (Å²) >= 11 is 6.49. The minimum Gasteiger partial charge on any atom is -0.354 e. The first-order valence-corrected chi connectivity index (χ1v) is 9.09. The lowest BCUT2D eigenvalue weighted by molar-refractivity contribution is 0.781. The molecule has 3 nitrogen and oxygen atoms in total. The van der Waals surface area contributed by atoms with Crippen molar-refractivity contribution in [1.82, 2.24) is 9.97 Å². The Labute approximate surface area is 153 Å². The molecule has 2 aromatic carbocycles. The van der Waals surface area contributed by atoms with Crippen LogP contribution in [-0.4, -0.2) is 16.5 Å². The lowest BCUT2D eigenvalue weighted by Crippen LogP contribution is -2.16. The Hall–Kier alpha value is -2.39. The standard InChI is InChI=1S/C21H20ClN3/c1-2-11-23-21-24-13-14-12-18(16-8-5-6-10-19(16)22)15-7-3-4-9-17(15)20(14)25-21/h3-10,13,18H,2,11-12H2,1H3,(H,23,24,25). The van der Waals surface area contributed by atoms with Crippen LogP contribution in [0.3, 0.4) is 0 Å². The molecule has 1 atom stereocenters. The van der Waals surface area contributed by atoms with E-state index in [1.54, 1.807) is 0 Å². The molecule has 4 rings (SSSR count). The molecule has 1 aliphatic carbocycles. The summed E-state index contributed by atoms with van der Waals surface area (Å²) in [5, 5.41) is 4.10. The Balaban J connectivity index is 1.82. The number of nitrogens with one attached hydrogen (secondary N) is 1. The molecule has 1 aromatic heterocycles. The Morgan fingerprint density at radius 3 is 2.64 bits per heavy atom. The zero-order valence-corrected chi connectivity index (χ0v) is 14.9. The summed E-state index contributed by atoms with van der Waals surface area (Å²) in [6.45, 7) is 3.01. The Bertz CT molecular complexity index is 907. The third-order valence-electron chi connectivity index (χ3n) is 4.69. The van der Waals surface area contributed by atoms with Gasteiger partial charge in [0.2, 0.25) is 5.95 Å². The maximum atomic E-state index is 6.49. The average Bonchev–Trinajstić information content (AvgIpc) is 2.66. The number of benzene rings is 2. The van der Waals surface area contributed by atoms with Crippen LogP contribution in [0.1, 0.15) is 36.0 Å². The second-order valence-electron chi connectivity index (χ2n) is 6.36. The summed E-state index contributed by atoms with van der Waals surface area (Å²) in [4.78, 5) is 9.29. The van der Waals surface area contributed by atoms with Gasteiger partial charge < -0.3 is 5.32 Å². The quantitative estimate of drug-likeness (QED) is 0.693. The van der Waals surface area contributed by atoms with Crippen molar-refractivity contribution < 1.29 is 0 Å². The first kappa shape index (κ1) is 16.1. The Morgan fingerprint density at radius 1 is 1.08 bits per heavy atom. The van der Waals surface area contributed by atoms with Crippen LogP contribution in [0.15, 0.2) is 54.7 Å². The summed E-state index contributed by atoms with van der Waals surface area (Å²) in [6.07, 6.45) is 3.87. The van der Waals surface area contributed by atoms with Gasteiger partial charge in [-0.15, -0.1) is 0 Å². The molecule has 0 radical (unpaired) electrons. The average molecular weight is 350 g/mol. The highest BCUT2D eigenvalue weighted by Crippen LogP contribution is 2.43. The van der Waals surface area contributed by atoms with Gasteiger partial charge in [0.05, 0.1) is 5.69 Å². The number of rotatable bonds is 4. The molecule has 0 saturated carbocycles. The van der Waals surface area contributed by atoms with E-state index in [2.05, 4.69) is 47.6 Å². The molecule has 0 bridgehead atoms. The molecule has 0 fully saturated rings. The summed E-state index contributed by atoms with van der Waals surface area (Å²) < 4.78 is 0. The number of anilines is 1. The molecule has 1 unspecified atom stereocenters. The van der Waals surface area contributed by atoms with Gasteiger partial charge in [-0.25, -0.2) is 9.97 Å². The first-order chi connectivity index (χ1) is 12.3. The molecule has 1 N–H and O–H groups in total. The summed E-state index contributed by atoms with van der Waals surface area (Å²) in [5.41, 5.74) is 5.83. The molecule has 25 heavy (non-hydrogen) atoms. The van der Waals surface area contributed by atoms with E-state index < -0.39 is 0 Å². The van der Waals surface area contributed by atoms with Crippen LogP contribution in [0.5, 0.6) is 0 Å². The Morgan fingerprint density at radius 2 is 1.84 bits per heavy atom. The molecule has 0 saturated heterocycles. The topological polar surface area (TPSA) is 37.8 Å². The van der Waals surface area contributed by atoms with Crippen molar-refractivity contribution in [2.24, 2.45) is 0 Å². The summed E-state index contributed by atoms with van der Waals surface area (Å²) in [6, 6.07) is 16.6. The van der Waals surface area contributed by atoms with E-state index in [1.807, 2.05) is 24.4 Å². The van der Waals surface area contributed by atoms with Crippen molar-refractivity contribution in [2.75, 3.05) is 11.9 Å². The zero-order valence-electron chi connectivity index (χ0n) is 14.2. The number of halogens is 1. The molecule has 0 amide bonds. The van der Waals surface area contributed by atoms with E-state index in [9.17, 15) is 0 Å². The lowest BCUT2D eigenvalue weighted by Gasteiger charge is -2.28. The van der Waals surface area contributed by atoms with E-state index in [4.69, 9.17) is 16.6 Å². The van der Waals surface area contributed by atoms with Crippen LogP contribution in [-0.2, 0) is 6.42 Å². The molecular formula is C21H20ClN3. The fraction of sp³-hybridized carbons (Fsp3) is 0.238. The molecular weight excluding hydrogens is 330 g/mol. The third-order valence-corrected chi connectivity index (χ3v) is 5.04. The van der Waals surface area contributed by atoms with Crippen molar-refractivity contribution >= 4 is 17.5 Å².